The minimum absolute atomic E-state index is 0.137. The van der Waals surface area contributed by atoms with Gasteiger partial charge in [-0.1, -0.05) is 47.1 Å². The van der Waals surface area contributed by atoms with E-state index < -0.39 is 0 Å². The third-order valence-electron chi connectivity index (χ3n) is 2.37. The Morgan fingerprint density at radius 2 is 1.92 bits per heavy atom. The summed E-state index contributed by atoms with van der Waals surface area (Å²) in [4.78, 5) is 0. The van der Waals surface area contributed by atoms with Gasteiger partial charge in [0.1, 0.15) is 0 Å². The summed E-state index contributed by atoms with van der Waals surface area (Å²) in [6, 6.07) is 8.52. The Balaban J connectivity index is 3.10. The first kappa shape index (κ1) is 9.79. The van der Waals surface area contributed by atoms with Gasteiger partial charge in [0.2, 0.25) is 0 Å². The van der Waals surface area contributed by atoms with Gasteiger partial charge in [0, 0.05) is 4.32 Å². The van der Waals surface area contributed by atoms with Crippen molar-refractivity contribution in [3.05, 3.63) is 35.4 Å². The van der Waals surface area contributed by atoms with Gasteiger partial charge in [0.15, 0.2) is 0 Å². The summed E-state index contributed by atoms with van der Waals surface area (Å²) < 4.78 is 0.137. The Bertz CT molecular complexity index is 263. The average Bonchev–Trinajstić information content (AvgIpc) is 2.05. The van der Waals surface area contributed by atoms with E-state index in [2.05, 4.69) is 61.0 Å². The van der Waals surface area contributed by atoms with Crippen LogP contribution in [0.15, 0.2) is 24.3 Å². The van der Waals surface area contributed by atoms with E-state index >= 15 is 0 Å². The molecule has 0 radical (unpaired) electrons. The number of hydrogen-bond acceptors (Lipinski definition) is 0. The van der Waals surface area contributed by atoms with E-state index in [9.17, 15) is 0 Å². The first-order valence-corrected chi connectivity index (χ1v) is 5.12. The van der Waals surface area contributed by atoms with Crippen LogP contribution >= 0.6 is 15.9 Å². The molecule has 1 atom stereocenters. The van der Waals surface area contributed by atoms with E-state index in [1.807, 2.05) is 0 Å². The highest BCUT2D eigenvalue weighted by atomic mass is 79.9. The van der Waals surface area contributed by atoms with Crippen molar-refractivity contribution >= 4 is 15.9 Å². The van der Waals surface area contributed by atoms with Gasteiger partial charge >= 0.3 is 0 Å². The van der Waals surface area contributed by atoms with Crippen LogP contribution in [0.3, 0.4) is 0 Å². The SMILES string of the molecule is CCC(C)(Br)c1ccccc1C. The summed E-state index contributed by atoms with van der Waals surface area (Å²) in [6.45, 7) is 6.57. The summed E-state index contributed by atoms with van der Waals surface area (Å²) in [6.07, 6.45) is 1.11. The predicted octanol–water partition coefficient (Wildman–Crippen LogP) is 4.02. The van der Waals surface area contributed by atoms with E-state index in [-0.39, 0.29) is 4.32 Å². The zero-order chi connectivity index (χ0) is 9.19. The zero-order valence-electron chi connectivity index (χ0n) is 7.89. The normalized spacial score (nSPS) is 15.7. The van der Waals surface area contributed by atoms with Gasteiger partial charge in [-0.2, -0.15) is 0 Å². The lowest BCUT2D eigenvalue weighted by molar-refractivity contribution is 0.676. The molecule has 1 aromatic carbocycles. The van der Waals surface area contributed by atoms with Gasteiger partial charge in [-0.15, -0.1) is 0 Å². The summed E-state index contributed by atoms with van der Waals surface area (Å²) in [5, 5.41) is 0. The van der Waals surface area contributed by atoms with Crippen molar-refractivity contribution in [2.24, 2.45) is 0 Å². The molecule has 0 saturated carbocycles. The minimum Gasteiger partial charge on any atom is -0.0804 e. The molecule has 0 fully saturated rings. The lowest BCUT2D eigenvalue weighted by atomic mass is 9.94. The molecule has 0 nitrogen and oxygen atoms in total. The molecule has 0 N–H and O–H groups in total. The summed E-state index contributed by atoms with van der Waals surface area (Å²) in [7, 11) is 0. The molecule has 1 unspecified atom stereocenters. The van der Waals surface area contributed by atoms with Gasteiger partial charge < -0.3 is 0 Å². The molecule has 0 aliphatic rings. The first-order valence-electron chi connectivity index (χ1n) is 4.33. The molecular formula is C11H15Br. The molecule has 1 heteroatoms. The van der Waals surface area contributed by atoms with Crippen LogP contribution in [0.5, 0.6) is 0 Å². The van der Waals surface area contributed by atoms with Crippen LogP contribution in [0.4, 0.5) is 0 Å². The van der Waals surface area contributed by atoms with Crippen molar-refractivity contribution in [3.63, 3.8) is 0 Å². The van der Waals surface area contributed by atoms with Crippen molar-refractivity contribution in [3.8, 4) is 0 Å². The third-order valence-corrected chi connectivity index (χ3v) is 3.36. The molecule has 1 aromatic rings. The highest BCUT2D eigenvalue weighted by Gasteiger charge is 2.21. The predicted molar refractivity (Wildman–Crippen MR) is 57.7 cm³/mol. The Morgan fingerprint density at radius 3 is 2.42 bits per heavy atom. The number of benzene rings is 1. The van der Waals surface area contributed by atoms with Gasteiger partial charge in [-0.3, -0.25) is 0 Å². The van der Waals surface area contributed by atoms with E-state index in [0.29, 0.717) is 0 Å². The molecular weight excluding hydrogens is 212 g/mol. The Hall–Kier alpha value is -0.300. The molecule has 0 aromatic heterocycles. The largest absolute Gasteiger partial charge is 0.0804 e. The molecule has 0 bridgehead atoms. The second-order valence-electron chi connectivity index (χ2n) is 3.37. The van der Waals surface area contributed by atoms with Crippen LogP contribution < -0.4 is 0 Å². The van der Waals surface area contributed by atoms with E-state index in [4.69, 9.17) is 0 Å². The fourth-order valence-electron chi connectivity index (χ4n) is 1.35. The molecule has 12 heavy (non-hydrogen) atoms. The van der Waals surface area contributed by atoms with Gasteiger partial charge in [0.05, 0.1) is 0 Å². The molecule has 0 heterocycles. The molecule has 0 amide bonds. The Labute approximate surface area is 83.1 Å². The fourth-order valence-corrected chi connectivity index (χ4v) is 1.79. The van der Waals surface area contributed by atoms with Gasteiger partial charge in [-0.05, 0) is 31.4 Å². The van der Waals surface area contributed by atoms with Crippen LogP contribution in [0, 0.1) is 6.92 Å². The summed E-state index contributed by atoms with van der Waals surface area (Å²) in [5.41, 5.74) is 2.76. The van der Waals surface area contributed by atoms with Crippen molar-refractivity contribution in [1.82, 2.24) is 0 Å². The van der Waals surface area contributed by atoms with Crippen LogP contribution in [0.2, 0.25) is 0 Å². The van der Waals surface area contributed by atoms with Crippen molar-refractivity contribution in [2.45, 2.75) is 31.5 Å². The molecule has 1 rings (SSSR count). The van der Waals surface area contributed by atoms with Crippen LogP contribution in [0.1, 0.15) is 31.4 Å². The van der Waals surface area contributed by atoms with Crippen molar-refractivity contribution in [1.29, 1.82) is 0 Å². The molecule has 0 spiro atoms. The minimum atomic E-state index is 0.137. The Morgan fingerprint density at radius 1 is 1.33 bits per heavy atom. The topological polar surface area (TPSA) is 0 Å². The number of hydrogen-bond donors (Lipinski definition) is 0. The summed E-state index contributed by atoms with van der Waals surface area (Å²) in [5.74, 6) is 0. The maximum Gasteiger partial charge on any atom is 0.0477 e. The first-order chi connectivity index (χ1) is 5.58. The van der Waals surface area contributed by atoms with Crippen LogP contribution in [-0.4, -0.2) is 0 Å². The maximum absolute atomic E-state index is 3.74. The Kier molecular flexibility index (Phi) is 2.94. The van der Waals surface area contributed by atoms with Crippen molar-refractivity contribution < 1.29 is 0 Å². The van der Waals surface area contributed by atoms with Crippen molar-refractivity contribution in [2.75, 3.05) is 0 Å². The second-order valence-corrected chi connectivity index (χ2v) is 5.12. The number of alkyl halides is 1. The van der Waals surface area contributed by atoms with Gasteiger partial charge in [-0.25, -0.2) is 0 Å². The van der Waals surface area contributed by atoms with Gasteiger partial charge in [0.25, 0.3) is 0 Å². The molecule has 0 saturated heterocycles. The zero-order valence-corrected chi connectivity index (χ0v) is 9.48. The monoisotopic (exact) mass is 226 g/mol. The average molecular weight is 227 g/mol. The smallest absolute Gasteiger partial charge is 0.0477 e. The van der Waals surface area contributed by atoms with E-state index in [0.717, 1.165) is 6.42 Å². The lowest BCUT2D eigenvalue weighted by Gasteiger charge is -2.22. The highest BCUT2D eigenvalue weighted by Crippen LogP contribution is 2.35. The number of aryl methyl sites for hydroxylation is 1. The fraction of sp³-hybridized carbons (Fsp3) is 0.455. The van der Waals surface area contributed by atoms with E-state index in [1.165, 1.54) is 11.1 Å². The molecule has 0 aliphatic carbocycles. The number of rotatable bonds is 2. The second kappa shape index (κ2) is 3.61. The highest BCUT2D eigenvalue weighted by molar-refractivity contribution is 9.09. The maximum atomic E-state index is 3.74. The van der Waals surface area contributed by atoms with Crippen LogP contribution in [-0.2, 0) is 4.32 Å². The van der Waals surface area contributed by atoms with Crippen LogP contribution in [0.25, 0.3) is 0 Å². The third kappa shape index (κ3) is 1.89. The lowest BCUT2D eigenvalue weighted by Crippen LogP contribution is -2.12. The standard InChI is InChI=1S/C11H15Br/c1-4-11(3,12)10-8-6-5-7-9(10)2/h5-8H,4H2,1-3H3. The quantitative estimate of drug-likeness (QED) is 0.669. The molecule has 66 valence electrons. The van der Waals surface area contributed by atoms with E-state index in [1.54, 1.807) is 0 Å². The summed E-state index contributed by atoms with van der Waals surface area (Å²) >= 11 is 3.74. The number of halogens is 1. The molecule has 0 aliphatic heterocycles.